The highest BCUT2D eigenvalue weighted by atomic mass is 32.2. The Labute approximate surface area is 173 Å². The first-order valence-corrected chi connectivity index (χ1v) is 11.1. The molecule has 7 heteroatoms. The Balaban J connectivity index is 1.96. The Morgan fingerprint density at radius 2 is 1.79 bits per heavy atom. The van der Waals surface area contributed by atoms with Crippen LogP contribution in [0.2, 0.25) is 0 Å². The van der Waals surface area contributed by atoms with Gasteiger partial charge in [-0.05, 0) is 50.1 Å². The number of hydrogen-bond donors (Lipinski definition) is 1. The fraction of sp³-hybridized carbons (Fsp3) is 0.318. The number of ether oxygens (including phenoxy) is 1. The third kappa shape index (κ3) is 7.99. The molecule has 0 aliphatic carbocycles. The molecule has 0 saturated carbocycles. The Bertz CT molecular complexity index is 894. The SMILES string of the molecule is C=CCN(CCc1ccccc1)C(=O)CS(=O)(=O)Nc1ccc(OC(C)C)cc1. The number of carbonyl (C=O) groups is 1. The first-order valence-electron chi connectivity index (χ1n) is 9.49. The molecule has 0 bridgehead atoms. The van der Waals surface area contributed by atoms with Gasteiger partial charge in [-0.15, -0.1) is 6.58 Å². The lowest BCUT2D eigenvalue weighted by molar-refractivity contribution is -0.127. The van der Waals surface area contributed by atoms with E-state index in [0.717, 1.165) is 5.56 Å². The van der Waals surface area contributed by atoms with Crippen molar-refractivity contribution in [1.82, 2.24) is 4.90 Å². The second-order valence-electron chi connectivity index (χ2n) is 6.92. The molecule has 156 valence electrons. The van der Waals surface area contributed by atoms with Gasteiger partial charge in [0.25, 0.3) is 0 Å². The molecule has 0 radical (unpaired) electrons. The van der Waals surface area contributed by atoms with Gasteiger partial charge in [-0.25, -0.2) is 8.42 Å². The minimum absolute atomic E-state index is 0.0295. The molecule has 0 aliphatic heterocycles. The Hall–Kier alpha value is -2.80. The van der Waals surface area contributed by atoms with Crippen molar-refractivity contribution >= 4 is 21.6 Å². The number of sulfonamides is 1. The van der Waals surface area contributed by atoms with Crippen LogP contribution in [0.4, 0.5) is 5.69 Å². The third-order valence-electron chi connectivity index (χ3n) is 4.03. The first-order chi connectivity index (χ1) is 13.8. The molecule has 1 amide bonds. The smallest absolute Gasteiger partial charge is 0.241 e. The number of anilines is 1. The van der Waals surface area contributed by atoms with Crippen LogP contribution < -0.4 is 9.46 Å². The summed E-state index contributed by atoms with van der Waals surface area (Å²) in [6, 6.07) is 16.3. The van der Waals surface area contributed by atoms with E-state index in [-0.39, 0.29) is 6.10 Å². The molecule has 0 unspecified atom stereocenters. The van der Waals surface area contributed by atoms with E-state index in [1.807, 2.05) is 44.2 Å². The molecule has 2 rings (SSSR count). The number of rotatable bonds is 11. The Morgan fingerprint density at radius 3 is 2.38 bits per heavy atom. The largest absolute Gasteiger partial charge is 0.491 e. The first kappa shape index (κ1) is 22.5. The van der Waals surface area contributed by atoms with Crippen LogP contribution in [0.3, 0.4) is 0 Å². The minimum atomic E-state index is -3.83. The van der Waals surface area contributed by atoms with Gasteiger partial charge >= 0.3 is 0 Å². The van der Waals surface area contributed by atoms with Crippen LogP contribution >= 0.6 is 0 Å². The number of hydrogen-bond acceptors (Lipinski definition) is 4. The molecule has 29 heavy (non-hydrogen) atoms. The van der Waals surface area contributed by atoms with Crippen LogP contribution in [0.25, 0.3) is 0 Å². The summed E-state index contributed by atoms with van der Waals surface area (Å²) in [6.45, 7) is 8.20. The highest BCUT2D eigenvalue weighted by Crippen LogP contribution is 2.18. The number of nitrogens with zero attached hydrogens (tertiary/aromatic N) is 1. The molecule has 0 fully saturated rings. The fourth-order valence-electron chi connectivity index (χ4n) is 2.73. The summed E-state index contributed by atoms with van der Waals surface area (Å²) in [5.74, 6) is -0.440. The van der Waals surface area contributed by atoms with Crippen LogP contribution in [-0.2, 0) is 21.2 Å². The number of carbonyl (C=O) groups excluding carboxylic acids is 1. The molecular weight excluding hydrogens is 388 g/mol. The molecule has 2 aromatic rings. The van der Waals surface area contributed by atoms with Crippen molar-refractivity contribution in [1.29, 1.82) is 0 Å². The predicted octanol–water partition coefficient (Wildman–Crippen LogP) is 3.47. The lowest BCUT2D eigenvalue weighted by Gasteiger charge is -2.21. The summed E-state index contributed by atoms with van der Waals surface area (Å²) in [6.07, 6.45) is 2.27. The van der Waals surface area contributed by atoms with Crippen LogP contribution in [0, 0.1) is 0 Å². The summed E-state index contributed by atoms with van der Waals surface area (Å²) in [5, 5.41) is 0. The average molecular weight is 417 g/mol. The molecule has 2 aromatic carbocycles. The lowest BCUT2D eigenvalue weighted by Crippen LogP contribution is -2.38. The van der Waals surface area contributed by atoms with E-state index in [1.165, 1.54) is 4.90 Å². The van der Waals surface area contributed by atoms with Crippen LogP contribution in [0.1, 0.15) is 19.4 Å². The number of benzene rings is 2. The van der Waals surface area contributed by atoms with Gasteiger partial charge in [0.1, 0.15) is 11.5 Å². The van der Waals surface area contributed by atoms with Crippen LogP contribution in [0.15, 0.2) is 67.3 Å². The van der Waals surface area contributed by atoms with Crippen LogP contribution in [-0.4, -0.2) is 44.2 Å². The molecule has 6 nitrogen and oxygen atoms in total. The van der Waals surface area contributed by atoms with Crippen molar-refractivity contribution in [3.8, 4) is 5.75 Å². The van der Waals surface area contributed by atoms with Crippen molar-refractivity contribution < 1.29 is 17.9 Å². The number of amides is 1. The quantitative estimate of drug-likeness (QED) is 0.569. The standard InChI is InChI=1S/C22H28N2O4S/c1-4-15-24(16-14-19-8-6-5-7-9-19)22(25)17-29(26,27)23-20-10-12-21(13-11-20)28-18(2)3/h4-13,18,23H,1,14-17H2,2-3H3. The summed E-state index contributed by atoms with van der Waals surface area (Å²) >= 11 is 0. The monoisotopic (exact) mass is 416 g/mol. The van der Waals surface area contributed by atoms with Crippen molar-refractivity contribution in [2.45, 2.75) is 26.4 Å². The van der Waals surface area contributed by atoms with Gasteiger partial charge in [-0.2, -0.15) is 0 Å². The van der Waals surface area contributed by atoms with Gasteiger partial charge < -0.3 is 9.64 Å². The Kier molecular flexibility index (Phi) is 8.27. The van der Waals surface area contributed by atoms with Gasteiger partial charge in [-0.3, -0.25) is 9.52 Å². The van der Waals surface area contributed by atoms with Crippen molar-refractivity contribution in [3.63, 3.8) is 0 Å². The maximum Gasteiger partial charge on any atom is 0.241 e. The minimum Gasteiger partial charge on any atom is -0.491 e. The summed E-state index contributed by atoms with van der Waals surface area (Å²) in [4.78, 5) is 14.1. The van der Waals surface area contributed by atoms with E-state index in [4.69, 9.17) is 4.74 Å². The summed E-state index contributed by atoms with van der Waals surface area (Å²) in [5.41, 5.74) is 1.47. The molecule has 1 N–H and O–H groups in total. The van der Waals surface area contributed by atoms with Crippen molar-refractivity contribution in [2.75, 3.05) is 23.6 Å². The second kappa shape index (κ2) is 10.7. The molecule has 0 spiro atoms. The lowest BCUT2D eigenvalue weighted by atomic mass is 10.1. The maximum atomic E-state index is 12.6. The molecule has 0 saturated heterocycles. The summed E-state index contributed by atoms with van der Waals surface area (Å²) in [7, 11) is -3.83. The van der Waals surface area contributed by atoms with E-state index in [2.05, 4.69) is 11.3 Å². The van der Waals surface area contributed by atoms with Gasteiger partial charge in [-0.1, -0.05) is 36.4 Å². The summed E-state index contributed by atoms with van der Waals surface area (Å²) < 4.78 is 32.9. The van der Waals surface area contributed by atoms with Gasteiger partial charge in [0, 0.05) is 18.8 Å². The van der Waals surface area contributed by atoms with E-state index in [1.54, 1.807) is 30.3 Å². The van der Waals surface area contributed by atoms with E-state index >= 15 is 0 Å². The van der Waals surface area contributed by atoms with Crippen LogP contribution in [0.5, 0.6) is 5.75 Å². The average Bonchev–Trinajstić information content (AvgIpc) is 2.66. The fourth-order valence-corrected chi connectivity index (χ4v) is 3.80. The number of nitrogens with one attached hydrogen (secondary N) is 1. The van der Waals surface area contributed by atoms with Gasteiger partial charge in [0.2, 0.25) is 15.9 Å². The predicted molar refractivity (Wildman–Crippen MR) is 117 cm³/mol. The molecular formula is C22H28N2O4S. The highest BCUT2D eigenvalue weighted by Gasteiger charge is 2.21. The van der Waals surface area contributed by atoms with Gasteiger partial charge in [0.05, 0.1) is 6.10 Å². The molecule has 0 atom stereocenters. The van der Waals surface area contributed by atoms with E-state index in [9.17, 15) is 13.2 Å². The zero-order valence-corrected chi connectivity index (χ0v) is 17.7. The van der Waals surface area contributed by atoms with E-state index in [0.29, 0.717) is 30.9 Å². The maximum absolute atomic E-state index is 12.6. The van der Waals surface area contributed by atoms with Crippen molar-refractivity contribution in [2.24, 2.45) is 0 Å². The molecule has 0 aliphatic rings. The molecule has 0 aromatic heterocycles. The zero-order chi connectivity index (χ0) is 21.3. The highest BCUT2D eigenvalue weighted by molar-refractivity contribution is 7.93. The van der Waals surface area contributed by atoms with E-state index < -0.39 is 21.7 Å². The topological polar surface area (TPSA) is 75.7 Å². The Morgan fingerprint density at radius 1 is 1.14 bits per heavy atom. The zero-order valence-electron chi connectivity index (χ0n) is 16.9. The second-order valence-corrected chi connectivity index (χ2v) is 8.64. The van der Waals surface area contributed by atoms with Crippen molar-refractivity contribution in [3.05, 3.63) is 72.8 Å². The third-order valence-corrected chi connectivity index (χ3v) is 5.20. The molecule has 0 heterocycles. The van der Waals surface area contributed by atoms with Gasteiger partial charge in [0.15, 0.2) is 0 Å². The normalized spacial score (nSPS) is 11.1.